The van der Waals surface area contributed by atoms with Crippen molar-refractivity contribution in [1.29, 1.82) is 0 Å². The monoisotopic (exact) mass is 792 g/mol. The van der Waals surface area contributed by atoms with Gasteiger partial charge in [0.25, 0.3) is 23.6 Å². The number of amides is 4. The van der Waals surface area contributed by atoms with Crippen LogP contribution < -0.4 is 35.5 Å². The summed E-state index contributed by atoms with van der Waals surface area (Å²) in [6.07, 6.45) is 0. The SMILES string of the molecule is COc1ccc(CNC(=O)c2cccc(C(=O)NCc3cccc(OC)c3)c2)cc1.COc1cccc(CNC(=O)c2cccc(C(=O)NCc3ccc(C)cc3)c2)c1. The molecule has 0 saturated heterocycles. The molecule has 0 aliphatic rings. The zero-order valence-corrected chi connectivity index (χ0v) is 33.5. The van der Waals surface area contributed by atoms with Crippen LogP contribution in [0.2, 0.25) is 0 Å². The maximum atomic E-state index is 12.5. The zero-order valence-electron chi connectivity index (χ0n) is 33.5. The van der Waals surface area contributed by atoms with Crippen LogP contribution in [-0.2, 0) is 26.2 Å². The van der Waals surface area contributed by atoms with Gasteiger partial charge < -0.3 is 35.5 Å². The molecule has 6 aromatic carbocycles. The van der Waals surface area contributed by atoms with Gasteiger partial charge in [0.2, 0.25) is 0 Å². The molecule has 0 spiro atoms. The van der Waals surface area contributed by atoms with Crippen molar-refractivity contribution in [2.45, 2.75) is 33.1 Å². The van der Waals surface area contributed by atoms with Crippen LogP contribution in [0.1, 0.15) is 69.2 Å². The van der Waals surface area contributed by atoms with E-state index in [4.69, 9.17) is 14.2 Å². The van der Waals surface area contributed by atoms with Gasteiger partial charge in [-0.15, -0.1) is 0 Å². The summed E-state index contributed by atoms with van der Waals surface area (Å²) in [5.41, 5.74) is 6.76. The Balaban J connectivity index is 0.000000224. The molecule has 0 fully saturated rings. The van der Waals surface area contributed by atoms with Crippen molar-refractivity contribution in [2.75, 3.05) is 21.3 Å². The molecule has 11 heteroatoms. The summed E-state index contributed by atoms with van der Waals surface area (Å²) in [7, 11) is 4.81. The standard InChI is InChI=1S/C24H24N2O4.C24H24N2O3/c1-29-21-11-9-17(10-12-21)15-25-23(27)19-6-4-7-20(14-19)24(28)26-16-18-5-3-8-22(13-18)30-2;1-17-9-11-18(12-10-17)15-25-23(27)20-6-4-7-21(14-20)24(28)26-16-19-5-3-8-22(13-19)29-2/h3-14H,15-16H2,1-2H3,(H,25,27)(H,26,28);3-14H,15-16H2,1-2H3,(H,25,27)(H,26,28). The van der Waals surface area contributed by atoms with Gasteiger partial charge in [-0.3, -0.25) is 19.2 Å². The quantitative estimate of drug-likeness (QED) is 0.0847. The van der Waals surface area contributed by atoms with E-state index in [0.717, 1.165) is 39.5 Å². The number of benzene rings is 6. The third-order valence-corrected chi connectivity index (χ3v) is 9.13. The first-order valence-corrected chi connectivity index (χ1v) is 18.9. The van der Waals surface area contributed by atoms with Crippen LogP contribution in [0.3, 0.4) is 0 Å². The second kappa shape index (κ2) is 21.8. The molecule has 302 valence electrons. The first-order valence-electron chi connectivity index (χ1n) is 18.9. The van der Waals surface area contributed by atoms with Crippen molar-refractivity contribution >= 4 is 23.6 Å². The lowest BCUT2D eigenvalue weighted by Crippen LogP contribution is -2.25. The molecule has 59 heavy (non-hydrogen) atoms. The lowest BCUT2D eigenvalue weighted by Gasteiger charge is -2.09. The highest BCUT2D eigenvalue weighted by molar-refractivity contribution is 6.00. The highest BCUT2D eigenvalue weighted by Gasteiger charge is 2.13. The molecular weight excluding hydrogens is 745 g/mol. The van der Waals surface area contributed by atoms with E-state index in [-0.39, 0.29) is 23.6 Å². The van der Waals surface area contributed by atoms with E-state index in [2.05, 4.69) is 21.3 Å². The third-order valence-electron chi connectivity index (χ3n) is 9.13. The van der Waals surface area contributed by atoms with E-state index in [1.54, 1.807) is 69.9 Å². The summed E-state index contributed by atoms with van der Waals surface area (Å²) in [6.45, 7) is 3.58. The zero-order chi connectivity index (χ0) is 42.0. The summed E-state index contributed by atoms with van der Waals surface area (Å²) in [5, 5.41) is 11.5. The second-order valence-corrected chi connectivity index (χ2v) is 13.4. The van der Waals surface area contributed by atoms with Gasteiger partial charge in [0.15, 0.2) is 0 Å². The van der Waals surface area contributed by atoms with Gasteiger partial charge >= 0.3 is 0 Å². The fourth-order valence-corrected chi connectivity index (χ4v) is 5.76. The Morgan fingerprint density at radius 1 is 0.373 bits per heavy atom. The van der Waals surface area contributed by atoms with Crippen LogP contribution >= 0.6 is 0 Å². The van der Waals surface area contributed by atoms with E-state index in [0.29, 0.717) is 48.4 Å². The fourth-order valence-electron chi connectivity index (χ4n) is 5.76. The number of ether oxygens (including phenoxy) is 3. The Hall–Kier alpha value is -7.40. The van der Waals surface area contributed by atoms with Crippen LogP contribution in [0.5, 0.6) is 17.2 Å². The van der Waals surface area contributed by atoms with Crippen molar-refractivity contribution < 1.29 is 33.4 Å². The number of carbonyl (C=O) groups excluding carboxylic acids is 4. The number of carbonyl (C=O) groups is 4. The number of hydrogen-bond donors (Lipinski definition) is 4. The largest absolute Gasteiger partial charge is 0.497 e. The summed E-state index contributed by atoms with van der Waals surface area (Å²) < 4.78 is 15.5. The van der Waals surface area contributed by atoms with Crippen molar-refractivity contribution in [3.05, 3.63) is 196 Å². The van der Waals surface area contributed by atoms with E-state index in [1.165, 1.54) is 5.56 Å². The third kappa shape index (κ3) is 13.4. The maximum Gasteiger partial charge on any atom is 0.251 e. The van der Waals surface area contributed by atoms with Crippen molar-refractivity contribution in [2.24, 2.45) is 0 Å². The number of methoxy groups -OCH3 is 3. The van der Waals surface area contributed by atoms with E-state index in [1.807, 2.05) is 104 Å². The molecular formula is C48H48N4O7. The summed E-state index contributed by atoms with van der Waals surface area (Å²) in [4.78, 5) is 49.9. The van der Waals surface area contributed by atoms with Gasteiger partial charge in [-0.05, 0) is 102 Å². The van der Waals surface area contributed by atoms with Gasteiger partial charge in [0.1, 0.15) is 17.2 Å². The molecule has 0 aliphatic carbocycles. The Labute approximate surface area is 344 Å². The molecule has 0 aliphatic heterocycles. The van der Waals surface area contributed by atoms with Crippen LogP contribution in [0.25, 0.3) is 0 Å². The second-order valence-electron chi connectivity index (χ2n) is 13.4. The molecule has 4 amide bonds. The molecule has 0 aromatic heterocycles. The van der Waals surface area contributed by atoms with Crippen LogP contribution in [0, 0.1) is 6.92 Å². The van der Waals surface area contributed by atoms with Gasteiger partial charge in [-0.25, -0.2) is 0 Å². The fraction of sp³-hybridized carbons (Fsp3) is 0.167. The van der Waals surface area contributed by atoms with Gasteiger partial charge in [0.05, 0.1) is 21.3 Å². The predicted octanol–water partition coefficient (Wildman–Crippen LogP) is 7.43. The number of nitrogens with one attached hydrogen (secondary N) is 4. The van der Waals surface area contributed by atoms with E-state index in [9.17, 15) is 19.2 Å². The lowest BCUT2D eigenvalue weighted by atomic mass is 10.1. The topological polar surface area (TPSA) is 144 Å². The Kier molecular flexibility index (Phi) is 15.8. The summed E-state index contributed by atoms with van der Waals surface area (Å²) in [5.74, 6) is 1.30. The number of rotatable bonds is 15. The summed E-state index contributed by atoms with van der Waals surface area (Å²) >= 11 is 0. The molecule has 0 atom stereocenters. The van der Waals surface area contributed by atoms with Gasteiger partial charge in [0, 0.05) is 48.4 Å². The molecule has 0 radical (unpaired) electrons. The molecule has 6 aromatic rings. The van der Waals surface area contributed by atoms with E-state index >= 15 is 0 Å². The van der Waals surface area contributed by atoms with Gasteiger partial charge in [-0.2, -0.15) is 0 Å². The molecule has 0 unspecified atom stereocenters. The van der Waals surface area contributed by atoms with Crippen molar-refractivity contribution in [3.8, 4) is 17.2 Å². The molecule has 0 saturated carbocycles. The average Bonchev–Trinajstić information content (AvgIpc) is 3.29. The molecule has 11 nitrogen and oxygen atoms in total. The first kappa shape index (κ1) is 42.7. The molecule has 0 bridgehead atoms. The molecule has 6 rings (SSSR count). The minimum Gasteiger partial charge on any atom is -0.497 e. The number of hydrogen-bond acceptors (Lipinski definition) is 7. The smallest absolute Gasteiger partial charge is 0.251 e. The predicted molar refractivity (Wildman–Crippen MR) is 228 cm³/mol. The Morgan fingerprint density at radius 2 is 0.695 bits per heavy atom. The highest BCUT2D eigenvalue weighted by atomic mass is 16.5. The Bertz CT molecular complexity index is 2340. The van der Waals surface area contributed by atoms with Crippen LogP contribution in [0.4, 0.5) is 0 Å². The van der Waals surface area contributed by atoms with Gasteiger partial charge in [-0.1, -0.05) is 78.4 Å². The van der Waals surface area contributed by atoms with Crippen molar-refractivity contribution in [3.63, 3.8) is 0 Å². The summed E-state index contributed by atoms with van der Waals surface area (Å²) in [6, 6.07) is 43.8. The van der Waals surface area contributed by atoms with Crippen LogP contribution in [0.15, 0.2) is 146 Å². The van der Waals surface area contributed by atoms with Crippen molar-refractivity contribution in [1.82, 2.24) is 21.3 Å². The lowest BCUT2D eigenvalue weighted by molar-refractivity contribution is 0.0935. The highest BCUT2D eigenvalue weighted by Crippen LogP contribution is 2.15. The average molecular weight is 793 g/mol. The first-order chi connectivity index (χ1) is 28.6. The minimum atomic E-state index is -0.248. The normalized spacial score (nSPS) is 10.2. The number of aryl methyl sites for hydroxylation is 1. The Morgan fingerprint density at radius 3 is 1.05 bits per heavy atom. The maximum absolute atomic E-state index is 12.5. The molecule has 4 N–H and O–H groups in total. The molecule has 0 heterocycles. The minimum absolute atomic E-state index is 0.215. The van der Waals surface area contributed by atoms with Crippen LogP contribution in [-0.4, -0.2) is 45.0 Å². The van der Waals surface area contributed by atoms with E-state index < -0.39 is 0 Å².